The van der Waals surface area contributed by atoms with Gasteiger partial charge in [0, 0.05) is 44.8 Å². The van der Waals surface area contributed by atoms with Crippen molar-refractivity contribution in [2.75, 3.05) is 45.8 Å². The first kappa shape index (κ1) is 17.7. The number of nitrogens with two attached hydrogens (primary N) is 1. The van der Waals surface area contributed by atoms with E-state index >= 15 is 0 Å². The third kappa shape index (κ3) is 3.91. The number of amides is 2. The van der Waals surface area contributed by atoms with Crippen LogP contribution in [0.2, 0.25) is 0 Å². The van der Waals surface area contributed by atoms with E-state index in [1.165, 1.54) is 0 Å². The van der Waals surface area contributed by atoms with Gasteiger partial charge in [0.25, 0.3) is 0 Å². The number of piperazine rings is 1. The minimum absolute atomic E-state index is 0.0379. The summed E-state index contributed by atoms with van der Waals surface area (Å²) in [5.74, 6) is 0.434. The van der Waals surface area contributed by atoms with Gasteiger partial charge >= 0.3 is 0 Å². The fourth-order valence-electron chi connectivity index (χ4n) is 4.37. The van der Waals surface area contributed by atoms with Gasteiger partial charge in [-0.1, -0.05) is 12.8 Å². The van der Waals surface area contributed by atoms with E-state index in [4.69, 9.17) is 5.73 Å². The van der Waals surface area contributed by atoms with Gasteiger partial charge in [-0.3, -0.25) is 14.5 Å². The minimum Gasteiger partial charge on any atom is -0.342 e. The van der Waals surface area contributed by atoms with Crippen LogP contribution in [0.4, 0.5) is 0 Å². The summed E-state index contributed by atoms with van der Waals surface area (Å²) in [6, 6.07) is 0. The summed E-state index contributed by atoms with van der Waals surface area (Å²) >= 11 is 0. The van der Waals surface area contributed by atoms with E-state index < -0.39 is 0 Å². The Hall–Kier alpha value is -1.14. The highest BCUT2D eigenvalue weighted by Gasteiger charge is 2.40. The highest BCUT2D eigenvalue weighted by atomic mass is 16.2. The van der Waals surface area contributed by atoms with Crippen molar-refractivity contribution in [2.45, 2.75) is 51.0 Å². The molecular weight excluding hydrogens is 304 g/mol. The maximum Gasteiger partial charge on any atom is 0.236 e. The Balaban J connectivity index is 1.47. The highest BCUT2D eigenvalue weighted by molar-refractivity contribution is 5.81. The van der Waals surface area contributed by atoms with E-state index in [9.17, 15) is 9.59 Å². The van der Waals surface area contributed by atoms with Gasteiger partial charge in [-0.25, -0.2) is 0 Å². The summed E-state index contributed by atoms with van der Waals surface area (Å²) in [5.41, 5.74) is 6.02. The third-order valence-electron chi connectivity index (χ3n) is 6.05. The number of rotatable bonds is 3. The monoisotopic (exact) mass is 336 g/mol. The first-order valence-electron chi connectivity index (χ1n) is 9.55. The average Bonchev–Trinajstić information content (AvgIpc) is 3.09. The second kappa shape index (κ2) is 7.40. The molecule has 6 nitrogen and oxygen atoms in total. The SMILES string of the molecule is CC1(N)CCCCC1C(=O)N1CCN(CC(=O)N2CCCC2)CC1. The van der Waals surface area contributed by atoms with Crippen LogP contribution in [0.5, 0.6) is 0 Å². The van der Waals surface area contributed by atoms with E-state index in [-0.39, 0.29) is 23.3 Å². The number of hydrogen-bond donors (Lipinski definition) is 1. The van der Waals surface area contributed by atoms with Crippen molar-refractivity contribution in [3.8, 4) is 0 Å². The maximum absolute atomic E-state index is 12.9. The van der Waals surface area contributed by atoms with Crippen molar-refractivity contribution >= 4 is 11.8 Å². The van der Waals surface area contributed by atoms with Crippen LogP contribution in [-0.4, -0.2) is 77.9 Å². The molecule has 2 atom stereocenters. The molecule has 0 radical (unpaired) electrons. The number of hydrogen-bond acceptors (Lipinski definition) is 4. The number of likely N-dealkylation sites (tertiary alicyclic amines) is 1. The number of carbonyl (C=O) groups excluding carboxylic acids is 2. The molecule has 1 aliphatic carbocycles. The molecule has 0 aromatic heterocycles. The van der Waals surface area contributed by atoms with Crippen molar-refractivity contribution in [2.24, 2.45) is 11.7 Å². The first-order valence-corrected chi connectivity index (χ1v) is 9.55. The molecular formula is C18H32N4O2. The van der Waals surface area contributed by atoms with Crippen LogP contribution in [0, 0.1) is 5.92 Å². The van der Waals surface area contributed by atoms with Crippen LogP contribution in [0.1, 0.15) is 45.4 Å². The van der Waals surface area contributed by atoms with Crippen molar-refractivity contribution in [1.82, 2.24) is 14.7 Å². The molecule has 3 rings (SSSR count). The van der Waals surface area contributed by atoms with E-state index in [0.29, 0.717) is 6.54 Å². The summed E-state index contributed by atoms with van der Waals surface area (Å²) in [4.78, 5) is 31.2. The van der Waals surface area contributed by atoms with Crippen LogP contribution in [0.3, 0.4) is 0 Å². The third-order valence-corrected chi connectivity index (χ3v) is 6.05. The topological polar surface area (TPSA) is 69.9 Å². The predicted molar refractivity (Wildman–Crippen MR) is 93.4 cm³/mol. The lowest BCUT2D eigenvalue weighted by Gasteiger charge is -2.42. The fraction of sp³-hybridized carbons (Fsp3) is 0.889. The maximum atomic E-state index is 12.9. The molecule has 2 heterocycles. The molecule has 3 fully saturated rings. The number of carbonyl (C=O) groups is 2. The van der Waals surface area contributed by atoms with Crippen LogP contribution < -0.4 is 5.73 Å². The lowest BCUT2D eigenvalue weighted by Crippen LogP contribution is -2.57. The predicted octanol–water partition coefficient (Wildman–Crippen LogP) is 0.661. The smallest absolute Gasteiger partial charge is 0.236 e. The zero-order valence-electron chi connectivity index (χ0n) is 15.0. The molecule has 6 heteroatoms. The van der Waals surface area contributed by atoms with Gasteiger partial charge in [-0.15, -0.1) is 0 Å². The molecule has 0 bridgehead atoms. The molecule has 3 aliphatic rings. The molecule has 2 unspecified atom stereocenters. The summed E-state index contributed by atoms with van der Waals surface area (Å²) < 4.78 is 0. The standard InChI is InChI=1S/C18H32N4O2/c1-18(19)7-3-2-6-15(18)17(24)22-12-10-20(11-13-22)14-16(23)21-8-4-5-9-21/h15H,2-14,19H2,1H3. The van der Waals surface area contributed by atoms with Crippen molar-refractivity contribution in [3.63, 3.8) is 0 Å². The Kier molecular flexibility index (Phi) is 5.45. The Labute approximate surface area is 145 Å². The Morgan fingerprint density at radius 2 is 1.62 bits per heavy atom. The second-order valence-electron chi connectivity index (χ2n) is 7.99. The molecule has 2 N–H and O–H groups in total. The molecule has 2 aliphatic heterocycles. The summed E-state index contributed by atoms with van der Waals surface area (Å²) in [6.45, 7) is 7.37. The van der Waals surface area contributed by atoms with E-state index in [1.54, 1.807) is 0 Å². The minimum atomic E-state index is -0.363. The van der Waals surface area contributed by atoms with Crippen molar-refractivity contribution in [3.05, 3.63) is 0 Å². The average molecular weight is 336 g/mol. The first-order chi connectivity index (χ1) is 11.5. The number of nitrogens with zero attached hydrogens (tertiary/aromatic N) is 3. The van der Waals surface area contributed by atoms with Crippen LogP contribution in [-0.2, 0) is 9.59 Å². The zero-order valence-corrected chi connectivity index (χ0v) is 15.0. The van der Waals surface area contributed by atoms with Gasteiger partial charge in [0.2, 0.25) is 11.8 Å². The molecule has 2 amide bonds. The fourth-order valence-corrected chi connectivity index (χ4v) is 4.37. The lowest BCUT2D eigenvalue weighted by atomic mass is 9.74. The van der Waals surface area contributed by atoms with Crippen LogP contribution in [0.25, 0.3) is 0 Å². The Morgan fingerprint density at radius 3 is 2.25 bits per heavy atom. The van der Waals surface area contributed by atoms with E-state index in [1.807, 2.05) is 16.7 Å². The van der Waals surface area contributed by atoms with Gasteiger partial charge < -0.3 is 15.5 Å². The zero-order chi connectivity index (χ0) is 17.2. The quantitative estimate of drug-likeness (QED) is 0.822. The molecule has 24 heavy (non-hydrogen) atoms. The van der Waals surface area contributed by atoms with E-state index in [2.05, 4.69) is 4.90 Å². The normalized spacial score (nSPS) is 32.2. The van der Waals surface area contributed by atoms with Crippen LogP contribution >= 0.6 is 0 Å². The van der Waals surface area contributed by atoms with Crippen molar-refractivity contribution in [1.29, 1.82) is 0 Å². The molecule has 2 saturated heterocycles. The summed E-state index contributed by atoms with van der Waals surface area (Å²) in [7, 11) is 0. The largest absolute Gasteiger partial charge is 0.342 e. The summed E-state index contributed by atoms with van der Waals surface area (Å²) in [5, 5.41) is 0. The molecule has 0 spiro atoms. The highest BCUT2D eigenvalue weighted by Crippen LogP contribution is 2.33. The van der Waals surface area contributed by atoms with Gasteiger partial charge in [0.1, 0.15) is 0 Å². The van der Waals surface area contributed by atoms with Crippen molar-refractivity contribution < 1.29 is 9.59 Å². The summed E-state index contributed by atoms with van der Waals surface area (Å²) in [6.07, 6.45) is 6.35. The molecule has 1 saturated carbocycles. The second-order valence-corrected chi connectivity index (χ2v) is 7.99. The van der Waals surface area contributed by atoms with Gasteiger partial charge in [0.15, 0.2) is 0 Å². The van der Waals surface area contributed by atoms with Gasteiger partial charge in [-0.2, -0.15) is 0 Å². The Bertz CT molecular complexity index is 466. The Morgan fingerprint density at radius 1 is 0.958 bits per heavy atom. The molecule has 0 aromatic rings. The lowest BCUT2D eigenvalue weighted by molar-refractivity contribution is -0.141. The van der Waals surface area contributed by atoms with E-state index in [0.717, 1.165) is 77.8 Å². The van der Waals surface area contributed by atoms with Crippen LogP contribution in [0.15, 0.2) is 0 Å². The van der Waals surface area contributed by atoms with Gasteiger partial charge in [-0.05, 0) is 32.6 Å². The molecule has 0 aromatic carbocycles. The van der Waals surface area contributed by atoms with Gasteiger partial charge in [0.05, 0.1) is 12.5 Å². The molecule has 136 valence electrons.